The molecule has 31 heavy (non-hydrogen) atoms. The van der Waals surface area contributed by atoms with E-state index in [4.69, 9.17) is 0 Å². The summed E-state index contributed by atoms with van der Waals surface area (Å²) in [6.07, 6.45) is 4.97. The van der Waals surface area contributed by atoms with Crippen LogP contribution in [0.3, 0.4) is 0 Å². The van der Waals surface area contributed by atoms with Gasteiger partial charge < -0.3 is 14.8 Å². The number of carbonyl (C=O) groups is 2. The van der Waals surface area contributed by atoms with E-state index in [1.807, 2.05) is 24.3 Å². The van der Waals surface area contributed by atoms with Crippen LogP contribution in [0.25, 0.3) is 0 Å². The number of para-hydroxylation sites is 1. The molecule has 158 valence electrons. The van der Waals surface area contributed by atoms with Crippen LogP contribution in [-0.4, -0.2) is 45.0 Å². The molecule has 3 aromatic rings. The summed E-state index contributed by atoms with van der Waals surface area (Å²) in [4.78, 5) is 43.6. The third-order valence-corrected chi connectivity index (χ3v) is 6.10. The number of aromatic amines is 2. The molecule has 2 N–H and O–H groups in total. The van der Waals surface area contributed by atoms with Crippen LogP contribution in [0.4, 0.5) is 5.69 Å². The van der Waals surface area contributed by atoms with E-state index < -0.39 is 0 Å². The van der Waals surface area contributed by atoms with Gasteiger partial charge in [0.25, 0.3) is 11.8 Å². The number of amides is 2. The molecular formula is C23H23N5O3. The molecule has 4 heterocycles. The molecule has 0 radical (unpaired) electrons. The fourth-order valence-corrected chi connectivity index (χ4v) is 4.51. The lowest BCUT2D eigenvalue weighted by molar-refractivity contribution is 0.0605. The standard InChI is InChI=1S/C23H23N5O3/c29-21-9-8-16(14-24-21)22(30)27-11-4-3-7-20(27)17-13-18(26-25-17)23(31)28-12-10-15-5-1-2-6-19(15)28/h1-2,5-6,8-9,13-14,20H,3-4,7,10-12H2,(H,24,29)(H,25,26). The molecule has 0 aliphatic carbocycles. The van der Waals surface area contributed by atoms with Crippen LogP contribution in [0.2, 0.25) is 0 Å². The molecule has 8 heteroatoms. The molecule has 0 saturated carbocycles. The summed E-state index contributed by atoms with van der Waals surface area (Å²) in [6, 6.07) is 12.4. The summed E-state index contributed by atoms with van der Waals surface area (Å²) in [5.74, 6) is -0.279. The number of aromatic nitrogens is 3. The van der Waals surface area contributed by atoms with Crippen molar-refractivity contribution in [1.29, 1.82) is 0 Å². The van der Waals surface area contributed by atoms with Gasteiger partial charge in [0, 0.05) is 31.0 Å². The SMILES string of the molecule is O=C(c1cc(C2CCCCN2C(=O)c2ccc(=O)[nH]c2)[nH]n1)N1CCc2ccccc21. The number of H-pyrrole nitrogens is 2. The average molecular weight is 417 g/mol. The number of hydrogen-bond acceptors (Lipinski definition) is 4. The molecule has 1 unspecified atom stereocenters. The lowest BCUT2D eigenvalue weighted by atomic mass is 9.98. The van der Waals surface area contributed by atoms with Gasteiger partial charge in [-0.15, -0.1) is 0 Å². The summed E-state index contributed by atoms with van der Waals surface area (Å²) >= 11 is 0. The molecule has 1 atom stereocenters. The van der Waals surface area contributed by atoms with Crippen LogP contribution in [0.1, 0.15) is 57.4 Å². The Morgan fingerprint density at radius 2 is 1.90 bits per heavy atom. The van der Waals surface area contributed by atoms with Crippen molar-refractivity contribution in [2.45, 2.75) is 31.7 Å². The number of piperidine rings is 1. The van der Waals surface area contributed by atoms with Gasteiger partial charge in [-0.25, -0.2) is 0 Å². The molecule has 0 spiro atoms. The summed E-state index contributed by atoms with van der Waals surface area (Å²) in [5, 5.41) is 7.29. The largest absolute Gasteiger partial charge is 0.330 e. The van der Waals surface area contributed by atoms with E-state index in [1.165, 1.54) is 12.3 Å². The van der Waals surface area contributed by atoms with Crippen molar-refractivity contribution in [3.63, 3.8) is 0 Å². The Balaban J connectivity index is 1.39. The summed E-state index contributed by atoms with van der Waals surface area (Å²) in [5.41, 5.74) is 3.41. The van der Waals surface area contributed by atoms with Gasteiger partial charge in [-0.1, -0.05) is 18.2 Å². The highest BCUT2D eigenvalue weighted by molar-refractivity contribution is 6.06. The first-order valence-corrected chi connectivity index (χ1v) is 10.6. The monoisotopic (exact) mass is 417 g/mol. The Morgan fingerprint density at radius 1 is 1.03 bits per heavy atom. The third kappa shape index (κ3) is 3.54. The van der Waals surface area contributed by atoms with Crippen molar-refractivity contribution in [3.8, 4) is 0 Å². The van der Waals surface area contributed by atoms with Gasteiger partial charge in [0.15, 0.2) is 5.69 Å². The van der Waals surface area contributed by atoms with E-state index >= 15 is 0 Å². The van der Waals surface area contributed by atoms with Crippen LogP contribution in [0.15, 0.2) is 53.5 Å². The molecule has 1 aromatic carbocycles. The zero-order valence-electron chi connectivity index (χ0n) is 17.0. The number of pyridine rings is 1. The number of nitrogens with zero attached hydrogens (tertiary/aromatic N) is 3. The Morgan fingerprint density at radius 3 is 2.74 bits per heavy atom. The number of anilines is 1. The molecule has 1 saturated heterocycles. The Labute approximate surface area is 178 Å². The maximum absolute atomic E-state index is 13.1. The van der Waals surface area contributed by atoms with E-state index in [0.29, 0.717) is 24.3 Å². The highest BCUT2D eigenvalue weighted by Crippen LogP contribution is 2.33. The highest BCUT2D eigenvalue weighted by Gasteiger charge is 2.32. The molecule has 2 aliphatic rings. The van der Waals surface area contributed by atoms with Gasteiger partial charge in [-0.2, -0.15) is 5.10 Å². The molecule has 2 amide bonds. The van der Waals surface area contributed by atoms with E-state index in [0.717, 1.165) is 42.6 Å². The number of fused-ring (bicyclic) bond motifs is 1. The number of carbonyl (C=O) groups excluding carboxylic acids is 2. The van der Waals surface area contributed by atoms with E-state index in [9.17, 15) is 14.4 Å². The van der Waals surface area contributed by atoms with E-state index in [1.54, 1.807) is 21.9 Å². The predicted octanol–water partition coefficient (Wildman–Crippen LogP) is 2.67. The van der Waals surface area contributed by atoms with Crippen molar-refractivity contribution in [2.75, 3.05) is 18.0 Å². The molecule has 2 aromatic heterocycles. The number of hydrogen-bond donors (Lipinski definition) is 2. The Kier molecular flexibility index (Phi) is 4.89. The molecule has 5 rings (SSSR count). The van der Waals surface area contributed by atoms with Crippen molar-refractivity contribution < 1.29 is 9.59 Å². The fourth-order valence-electron chi connectivity index (χ4n) is 4.51. The topological polar surface area (TPSA) is 102 Å². The minimum absolute atomic E-state index is 0.137. The number of nitrogens with one attached hydrogen (secondary N) is 2. The van der Waals surface area contributed by atoms with Gasteiger partial charge in [0.05, 0.1) is 17.3 Å². The van der Waals surface area contributed by atoms with E-state index in [-0.39, 0.29) is 23.4 Å². The van der Waals surface area contributed by atoms with Crippen molar-refractivity contribution >= 4 is 17.5 Å². The van der Waals surface area contributed by atoms with Gasteiger partial charge >= 0.3 is 0 Å². The highest BCUT2D eigenvalue weighted by atomic mass is 16.2. The smallest absolute Gasteiger partial charge is 0.278 e. The zero-order valence-corrected chi connectivity index (χ0v) is 17.0. The number of likely N-dealkylation sites (tertiary alicyclic amines) is 1. The maximum atomic E-state index is 13.1. The van der Waals surface area contributed by atoms with Crippen LogP contribution < -0.4 is 10.5 Å². The molecular weight excluding hydrogens is 394 g/mol. The molecule has 0 bridgehead atoms. The normalized spacial score (nSPS) is 18.1. The minimum Gasteiger partial charge on any atom is -0.330 e. The van der Waals surface area contributed by atoms with Crippen molar-refractivity contribution in [3.05, 3.63) is 81.5 Å². The third-order valence-electron chi connectivity index (χ3n) is 6.10. The Hall–Kier alpha value is -3.68. The van der Waals surface area contributed by atoms with Crippen molar-refractivity contribution in [2.24, 2.45) is 0 Å². The van der Waals surface area contributed by atoms with Gasteiger partial charge in [0.2, 0.25) is 5.56 Å². The lowest BCUT2D eigenvalue weighted by Gasteiger charge is -2.35. The predicted molar refractivity (Wildman–Crippen MR) is 115 cm³/mol. The summed E-state index contributed by atoms with van der Waals surface area (Å²) in [6.45, 7) is 1.26. The molecule has 8 nitrogen and oxygen atoms in total. The van der Waals surface area contributed by atoms with Crippen LogP contribution >= 0.6 is 0 Å². The van der Waals surface area contributed by atoms with Crippen molar-refractivity contribution in [1.82, 2.24) is 20.1 Å². The first-order valence-electron chi connectivity index (χ1n) is 10.6. The van der Waals surface area contributed by atoms with Crippen LogP contribution in [-0.2, 0) is 6.42 Å². The summed E-state index contributed by atoms with van der Waals surface area (Å²) in [7, 11) is 0. The first-order chi connectivity index (χ1) is 15.1. The second-order valence-corrected chi connectivity index (χ2v) is 8.00. The number of rotatable bonds is 3. The van der Waals surface area contributed by atoms with Gasteiger partial charge in [-0.3, -0.25) is 19.5 Å². The van der Waals surface area contributed by atoms with Gasteiger partial charge in [-0.05, 0) is 49.4 Å². The first kappa shape index (κ1) is 19.3. The van der Waals surface area contributed by atoms with E-state index in [2.05, 4.69) is 15.2 Å². The molecule has 1 fully saturated rings. The second-order valence-electron chi connectivity index (χ2n) is 8.00. The lowest BCUT2D eigenvalue weighted by Crippen LogP contribution is -2.38. The van der Waals surface area contributed by atoms with Crippen LogP contribution in [0, 0.1) is 0 Å². The summed E-state index contributed by atoms with van der Waals surface area (Å²) < 4.78 is 0. The van der Waals surface area contributed by atoms with Gasteiger partial charge in [0.1, 0.15) is 0 Å². The minimum atomic E-state index is -0.244. The quantitative estimate of drug-likeness (QED) is 0.684. The number of benzene rings is 1. The zero-order chi connectivity index (χ0) is 21.4. The second kappa shape index (κ2) is 7.86. The maximum Gasteiger partial charge on any atom is 0.278 e. The van der Waals surface area contributed by atoms with Crippen LogP contribution in [0.5, 0.6) is 0 Å². The average Bonchev–Trinajstić information content (AvgIpc) is 3.46. The molecule has 2 aliphatic heterocycles. The Bertz CT molecular complexity index is 1180. The fraction of sp³-hybridized carbons (Fsp3) is 0.304.